The molecule has 0 radical (unpaired) electrons. The van der Waals surface area contributed by atoms with Crippen LogP contribution < -0.4 is 9.80 Å². The van der Waals surface area contributed by atoms with Crippen molar-refractivity contribution in [3.05, 3.63) is 251 Å². The topological polar surface area (TPSA) is 6.48 Å². The smallest absolute Gasteiger partial charge is 0.0726 e. The second-order valence-electron chi connectivity index (χ2n) is 17.5. The third-order valence-corrected chi connectivity index (χ3v) is 14.0. The van der Waals surface area contributed by atoms with Crippen LogP contribution in [0.2, 0.25) is 0 Å². The molecule has 0 aromatic heterocycles. The van der Waals surface area contributed by atoms with E-state index in [0.717, 1.165) is 28.4 Å². The molecule has 10 aromatic rings. The lowest BCUT2D eigenvalue weighted by Gasteiger charge is -2.33. The van der Waals surface area contributed by atoms with Crippen LogP contribution in [0.4, 0.5) is 34.1 Å². The Hall–Kier alpha value is -7.68. The largest absolute Gasteiger partial charge is 0.310 e. The number of hydrogen-bond acceptors (Lipinski definition) is 2. The molecule has 63 heavy (non-hydrogen) atoms. The van der Waals surface area contributed by atoms with Crippen molar-refractivity contribution in [1.29, 1.82) is 0 Å². The molecule has 2 heteroatoms. The van der Waals surface area contributed by atoms with Gasteiger partial charge in [-0.3, -0.25) is 0 Å². The molecule has 0 aliphatic heterocycles. The Kier molecular flexibility index (Phi) is 8.36. The predicted molar refractivity (Wildman–Crippen MR) is 266 cm³/mol. The molecule has 0 saturated carbocycles. The second-order valence-corrected chi connectivity index (χ2v) is 17.5. The molecule has 0 amide bonds. The molecule has 0 N–H and O–H groups in total. The van der Waals surface area contributed by atoms with Crippen LogP contribution in [0.15, 0.2) is 206 Å². The van der Waals surface area contributed by atoms with Gasteiger partial charge >= 0.3 is 0 Å². The predicted octanol–water partition coefficient (Wildman–Crippen LogP) is 16.5. The van der Waals surface area contributed by atoms with Gasteiger partial charge in [0.05, 0.1) is 11.1 Å². The zero-order valence-electron chi connectivity index (χ0n) is 36.0. The van der Waals surface area contributed by atoms with Gasteiger partial charge < -0.3 is 9.80 Å². The SMILES string of the molecule is Cc1ccc(N(c2ccccc2)c2ccc3cc4c(cc3c2)C2(c3ccccc3-c3ccccc32)c2cc(N(c3ccccc3)c3ccc(C)c(C)c3)c3ccccc3c2-4)cc1C. The van der Waals surface area contributed by atoms with Gasteiger partial charge in [-0.2, -0.15) is 0 Å². The third-order valence-electron chi connectivity index (χ3n) is 14.0. The third kappa shape index (κ3) is 5.51. The van der Waals surface area contributed by atoms with E-state index in [1.54, 1.807) is 0 Å². The molecule has 0 unspecified atom stereocenters. The first-order chi connectivity index (χ1) is 30.9. The van der Waals surface area contributed by atoms with Crippen LogP contribution in [-0.4, -0.2) is 0 Å². The highest BCUT2D eigenvalue weighted by atomic mass is 15.1. The van der Waals surface area contributed by atoms with Gasteiger partial charge in [-0.15, -0.1) is 0 Å². The molecule has 2 aliphatic rings. The van der Waals surface area contributed by atoms with Crippen molar-refractivity contribution in [2.45, 2.75) is 33.1 Å². The van der Waals surface area contributed by atoms with Crippen molar-refractivity contribution in [1.82, 2.24) is 0 Å². The molecule has 2 nitrogen and oxygen atoms in total. The molecule has 1 spiro atoms. The van der Waals surface area contributed by atoms with Crippen LogP contribution in [0.5, 0.6) is 0 Å². The van der Waals surface area contributed by atoms with Crippen molar-refractivity contribution >= 4 is 55.7 Å². The number of benzene rings is 10. The van der Waals surface area contributed by atoms with E-state index in [1.165, 1.54) is 94.0 Å². The van der Waals surface area contributed by atoms with E-state index in [2.05, 4.69) is 244 Å². The number of hydrogen-bond donors (Lipinski definition) is 0. The highest BCUT2D eigenvalue weighted by Gasteiger charge is 2.52. The van der Waals surface area contributed by atoms with Crippen LogP contribution in [-0.2, 0) is 5.41 Å². The molecular weight excluding hydrogens is 761 g/mol. The van der Waals surface area contributed by atoms with Gasteiger partial charge in [-0.25, -0.2) is 0 Å². The van der Waals surface area contributed by atoms with E-state index in [0.29, 0.717) is 0 Å². The van der Waals surface area contributed by atoms with Gasteiger partial charge in [0.25, 0.3) is 0 Å². The van der Waals surface area contributed by atoms with Gasteiger partial charge in [0, 0.05) is 33.8 Å². The van der Waals surface area contributed by atoms with Gasteiger partial charge in [-0.05, 0) is 189 Å². The van der Waals surface area contributed by atoms with E-state index in [1.807, 2.05) is 0 Å². The molecule has 0 heterocycles. The maximum Gasteiger partial charge on any atom is 0.0726 e. The van der Waals surface area contributed by atoms with Crippen molar-refractivity contribution in [2.24, 2.45) is 0 Å². The summed E-state index contributed by atoms with van der Waals surface area (Å²) >= 11 is 0. The summed E-state index contributed by atoms with van der Waals surface area (Å²) in [5, 5.41) is 4.93. The maximum atomic E-state index is 2.55. The highest BCUT2D eigenvalue weighted by molar-refractivity contribution is 6.13. The Labute approximate surface area is 370 Å². The molecule has 0 saturated heterocycles. The molecule has 10 aromatic carbocycles. The summed E-state index contributed by atoms with van der Waals surface area (Å²) < 4.78 is 0. The maximum absolute atomic E-state index is 2.55. The minimum absolute atomic E-state index is 0.556. The van der Waals surface area contributed by atoms with E-state index in [-0.39, 0.29) is 0 Å². The Bertz CT molecular complexity index is 3410. The average Bonchev–Trinajstić information content (AvgIpc) is 3.78. The summed E-state index contributed by atoms with van der Waals surface area (Å²) in [6, 6.07) is 77.3. The molecule has 0 bridgehead atoms. The second kappa shape index (κ2) is 14.2. The van der Waals surface area contributed by atoms with Crippen molar-refractivity contribution in [3.63, 3.8) is 0 Å². The number of fused-ring (bicyclic) bond motifs is 13. The highest BCUT2D eigenvalue weighted by Crippen LogP contribution is 2.65. The van der Waals surface area contributed by atoms with Crippen molar-refractivity contribution < 1.29 is 0 Å². The molecule has 0 atom stereocenters. The summed E-state index contributed by atoms with van der Waals surface area (Å²) in [5.74, 6) is 0. The molecule has 2 aliphatic carbocycles. The fourth-order valence-electron chi connectivity index (χ4n) is 10.8. The first-order valence-electron chi connectivity index (χ1n) is 22.1. The fraction of sp³-hybridized carbons (Fsp3) is 0.0820. The summed E-state index contributed by atoms with van der Waals surface area (Å²) in [6.07, 6.45) is 0. The first-order valence-corrected chi connectivity index (χ1v) is 22.1. The Morgan fingerprint density at radius 3 is 1.43 bits per heavy atom. The fourth-order valence-corrected chi connectivity index (χ4v) is 10.8. The standard InChI is InChI=1S/C61H46N2/c1-39-27-30-47(33-41(39)3)62(45-17-7-5-8-18-45)49-32-29-43-36-54-57(37-44(43)35-49)61(55-25-15-13-21-50(55)51-22-14-16-26-56(51)61)58-38-59(52-23-11-12-24-53(52)60(54)58)63(46-19-9-6-10-20-46)48-31-28-40(2)42(4)34-48/h5-38H,1-4H3. The quantitative estimate of drug-likeness (QED) is 0.165. The summed E-state index contributed by atoms with van der Waals surface area (Å²) in [6.45, 7) is 8.81. The summed E-state index contributed by atoms with van der Waals surface area (Å²) in [5.41, 5.74) is 22.0. The minimum atomic E-state index is -0.556. The molecule has 12 rings (SSSR count). The van der Waals surface area contributed by atoms with Crippen molar-refractivity contribution in [3.8, 4) is 22.3 Å². The zero-order valence-corrected chi connectivity index (χ0v) is 36.0. The monoisotopic (exact) mass is 806 g/mol. The number of aryl methyl sites for hydroxylation is 4. The van der Waals surface area contributed by atoms with Gasteiger partial charge in [0.15, 0.2) is 0 Å². The Balaban J connectivity index is 1.17. The number of para-hydroxylation sites is 2. The van der Waals surface area contributed by atoms with Crippen LogP contribution in [0.3, 0.4) is 0 Å². The van der Waals surface area contributed by atoms with Gasteiger partial charge in [0.2, 0.25) is 0 Å². The van der Waals surface area contributed by atoms with Crippen LogP contribution in [0, 0.1) is 27.7 Å². The number of anilines is 6. The van der Waals surface area contributed by atoms with E-state index < -0.39 is 5.41 Å². The van der Waals surface area contributed by atoms with Gasteiger partial charge in [0.1, 0.15) is 0 Å². The Morgan fingerprint density at radius 1 is 0.302 bits per heavy atom. The first kappa shape index (κ1) is 37.1. The van der Waals surface area contributed by atoms with E-state index >= 15 is 0 Å². The van der Waals surface area contributed by atoms with E-state index in [9.17, 15) is 0 Å². The van der Waals surface area contributed by atoms with Crippen LogP contribution in [0.25, 0.3) is 43.8 Å². The number of nitrogens with zero attached hydrogens (tertiary/aromatic N) is 2. The van der Waals surface area contributed by atoms with Crippen LogP contribution >= 0.6 is 0 Å². The number of rotatable bonds is 6. The molecular formula is C61H46N2. The van der Waals surface area contributed by atoms with Gasteiger partial charge in [-0.1, -0.05) is 127 Å². The normalized spacial score (nSPS) is 12.9. The lowest BCUT2D eigenvalue weighted by atomic mass is 9.70. The Morgan fingerprint density at radius 2 is 0.810 bits per heavy atom. The molecule has 300 valence electrons. The van der Waals surface area contributed by atoms with Crippen molar-refractivity contribution in [2.75, 3.05) is 9.80 Å². The molecule has 0 fully saturated rings. The summed E-state index contributed by atoms with van der Waals surface area (Å²) in [4.78, 5) is 4.88. The minimum Gasteiger partial charge on any atom is -0.310 e. The lowest BCUT2D eigenvalue weighted by Crippen LogP contribution is -2.26. The summed E-state index contributed by atoms with van der Waals surface area (Å²) in [7, 11) is 0. The van der Waals surface area contributed by atoms with Crippen LogP contribution in [0.1, 0.15) is 44.5 Å². The lowest BCUT2D eigenvalue weighted by molar-refractivity contribution is 0.795. The van der Waals surface area contributed by atoms with E-state index in [4.69, 9.17) is 0 Å². The zero-order chi connectivity index (χ0) is 42.4. The average molecular weight is 807 g/mol.